The maximum atomic E-state index is 11.1. The van der Waals surface area contributed by atoms with Crippen molar-refractivity contribution >= 4 is 10.1 Å². The van der Waals surface area contributed by atoms with Crippen molar-refractivity contribution in [1.29, 1.82) is 0 Å². The summed E-state index contributed by atoms with van der Waals surface area (Å²) in [5, 5.41) is 0. The third kappa shape index (κ3) is 17.7. The third-order valence-corrected chi connectivity index (χ3v) is 6.48. The van der Waals surface area contributed by atoms with Crippen molar-refractivity contribution in [2.24, 2.45) is 5.90 Å². The van der Waals surface area contributed by atoms with Gasteiger partial charge in [0.1, 0.15) is 18.5 Å². The van der Waals surface area contributed by atoms with Gasteiger partial charge in [0.2, 0.25) is 0 Å². The van der Waals surface area contributed by atoms with Gasteiger partial charge in [0.05, 0.1) is 13.2 Å². The first-order chi connectivity index (χ1) is 20.3. The van der Waals surface area contributed by atoms with Crippen molar-refractivity contribution in [1.82, 2.24) is 0 Å². The molecule has 0 heterocycles. The zero-order valence-electron chi connectivity index (χ0n) is 26.1. The summed E-state index contributed by atoms with van der Waals surface area (Å²) in [5.74, 6) is 5.84. The van der Waals surface area contributed by atoms with Gasteiger partial charge in [0, 0.05) is 0 Å². The van der Waals surface area contributed by atoms with Crippen LogP contribution in [-0.4, -0.2) is 40.3 Å². The summed E-state index contributed by atoms with van der Waals surface area (Å²) in [6.45, 7) is 16.8. The van der Waals surface area contributed by atoms with Gasteiger partial charge in [-0.1, -0.05) is 126 Å². The Labute approximate surface area is 254 Å². The number of hydrogen-bond donors (Lipinski definition) is 1. The van der Waals surface area contributed by atoms with Crippen molar-refractivity contribution in [2.75, 3.05) is 25.8 Å². The molecule has 0 aliphatic rings. The Kier molecular flexibility index (Phi) is 22.8. The Morgan fingerprint density at radius 3 is 1.64 bits per heavy atom. The van der Waals surface area contributed by atoms with Crippen molar-refractivity contribution in [3.05, 3.63) is 115 Å². The maximum Gasteiger partial charge on any atom is 0.307 e. The van der Waals surface area contributed by atoms with Gasteiger partial charge in [0.15, 0.2) is 5.94 Å². The molecule has 42 heavy (non-hydrogen) atoms. The van der Waals surface area contributed by atoms with Gasteiger partial charge in [0.25, 0.3) is 0 Å². The highest BCUT2D eigenvalue weighted by atomic mass is 32.2. The molecule has 0 saturated carbocycles. The van der Waals surface area contributed by atoms with Gasteiger partial charge in [-0.15, -0.1) is 6.58 Å². The molecule has 0 aliphatic carbocycles. The molecule has 0 saturated heterocycles. The Balaban J connectivity index is 0.000000726. The summed E-state index contributed by atoms with van der Waals surface area (Å²) in [6.07, 6.45) is 2.19. The van der Waals surface area contributed by atoms with Crippen molar-refractivity contribution in [2.45, 2.75) is 65.9 Å². The highest BCUT2D eigenvalue weighted by molar-refractivity contribution is 7.86. The van der Waals surface area contributed by atoms with E-state index in [9.17, 15) is 8.42 Å². The highest BCUT2D eigenvalue weighted by Crippen LogP contribution is 2.28. The van der Waals surface area contributed by atoms with Gasteiger partial charge < -0.3 is 14.2 Å². The first kappa shape index (κ1) is 39.0. The molecule has 3 aromatic rings. The van der Waals surface area contributed by atoms with Gasteiger partial charge in [-0.2, -0.15) is 18.6 Å². The smallest absolute Gasteiger partial charge is 0.307 e. The lowest BCUT2D eigenvalue weighted by Gasteiger charge is -2.18. The predicted octanol–water partition coefficient (Wildman–Crippen LogP) is 7.87. The van der Waals surface area contributed by atoms with Crippen LogP contribution < -0.4 is 10.6 Å². The van der Waals surface area contributed by atoms with E-state index >= 15 is 0 Å². The second-order valence-electron chi connectivity index (χ2n) is 8.87. The molecule has 3 rings (SSSR count). The maximum absolute atomic E-state index is 11.1. The lowest BCUT2D eigenvalue weighted by Crippen LogP contribution is -2.30. The summed E-state index contributed by atoms with van der Waals surface area (Å²) in [4.78, 5) is 0. The molecule has 3 unspecified atom stereocenters. The topological polar surface area (TPSA) is 97.1 Å². The second-order valence-corrected chi connectivity index (χ2v) is 10.4. The van der Waals surface area contributed by atoms with Crippen LogP contribution in [0.5, 0.6) is 5.75 Å². The van der Waals surface area contributed by atoms with Gasteiger partial charge in [-0.05, 0) is 41.5 Å². The number of ether oxygens (including phenoxy) is 3. The molecule has 0 aromatic heterocycles. The van der Waals surface area contributed by atoms with E-state index in [0.717, 1.165) is 0 Å². The van der Waals surface area contributed by atoms with E-state index in [4.69, 9.17) is 14.2 Å². The Hall–Kier alpha value is -3.01. The largest absolute Gasteiger partial charge is 0.491 e. The van der Waals surface area contributed by atoms with Crippen LogP contribution in [0.3, 0.4) is 0 Å². The molecule has 2 N–H and O–H groups in total. The monoisotopic (exact) mass is 601 g/mol. The van der Waals surface area contributed by atoms with Crippen molar-refractivity contribution < 1.29 is 26.9 Å². The normalized spacial score (nSPS) is 12.5. The predicted molar refractivity (Wildman–Crippen MR) is 174 cm³/mol. The number of nitrogens with two attached hydrogens (primary N) is 1. The van der Waals surface area contributed by atoms with Crippen LogP contribution in [0.2, 0.25) is 0 Å². The van der Waals surface area contributed by atoms with Crippen LogP contribution in [0.1, 0.15) is 70.9 Å². The number of hydrogen-bond acceptors (Lipinski definition) is 7. The summed E-state index contributed by atoms with van der Waals surface area (Å²) in [5.41, 5.74) is 2.88. The molecular formula is C34H51NO6S. The Bertz CT molecular complexity index is 1080. The minimum atomic E-state index is -3.90. The molecule has 0 radical (unpaired) electrons. The first-order valence-corrected chi connectivity index (χ1v) is 16.1. The Morgan fingerprint density at radius 2 is 1.21 bits per heavy atom. The van der Waals surface area contributed by atoms with Crippen LogP contribution in [0, 0.1) is 0 Å². The first-order valence-electron chi connectivity index (χ1n) is 14.5. The minimum Gasteiger partial charge on any atom is -0.491 e. The van der Waals surface area contributed by atoms with Gasteiger partial charge in [-0.3, -0.25) is 0 Å². The number of para-hydroxylation sites is 1. The molecule has 0 amide bonds. The standard InChI is InChI=1S/C17H20.C13H19NO6S.2C2H6/c1-14(16-9-5-3-6-10-16)13-15(2)17-11-7-4-8-12-17;1-2-8-17-9-13(19-11-21(15,16)20-14)10-18-12-6-4-3-5-7-12;2*1-2/h3-12,14-15H,13H2,1-2H3;2-7,13H,1,8-11,14H2;2*1-2H3. The fourth-order valence-corrected chi connectivity index (χ4v) is 4.12. The zero-order chi connectivity index (χ0) is 31.6. The zero-order valence-corrected chi connectivity index (χ0v) is 27.0. The number of benzene rings is 3. The Morgan fingerprint density at radius 1 is 0.762 bits per heavy atom. The molecule has 8 heteroatoms. The fraction of sp³-hybridized carbons (Fsp3) is 0.412. The summed E-state index contributed by atoms with van der Waals surface area (Å²) in [7, 11) is -3.90. The molecule has 7 nitrogen and oxygen atoms in total. The lowest BCUT2D eigenvalue weighted by molar-refractivity contribution is -0.0172. The van der Waals surface area contributed by atoms with Gasteiger partial charge in [-0.25, -0.2) is 0 Å². The molecule has 234 valence electrons. The van der Waals surface area contributed by atoms with Crippen LogP contribution in [0.25, 0.3) is 0 Å². The second kappa shape index (κ2) is 24.6. The van der Waals surface area contributed by atoms with Crippen LogP contribution in [0.15, 0.2) is 104 Å². The van der Waals surface area contributed by atoms with Crippen LogP contribution in [0.4, 0.5) is 0 Å². The van der Waals surface area contributed by atoms with E-state index in [1.807, 2.05) is 45.9 Å². The minimum absolute atomic E-state index is 0.126. The third-order valence-electron chi connectivity index (χ3n) is 5.76. The van der Waals surface area contributed by atoms with E-state index in [0.29, 0.717) is 24.2 Å². The molecule has 0 spiro atoms. The van der Waals surface area contributed by atoms with E-state index in [2.05, 4.69) is 91.3 Å². The molecule has 0 fully saturated rings. The molecule has 0 aliphatic heterocycles. The van der Waals surface area contributed by atoms with Crippen molar-refractivity contribution in [3.63, 3.8) is 0 Å². The quantitative estimate of drug-likeness (QED) is 0.108. The fourth-order valence-electron chi connectivity index (χ4n) is 3.71. The number of rotatable bonds is 15. The molecule has 3 aromatic carbocycles. The van der Waals surface area contributed by atoms with Gasteiger partial charge >= 0.3 is 10.1 Å². The molecular weight excluding hydrogens is 550 g/mol. The van der Waals surface area contributed by atoms with E-state index in [1.54, 1.807) is 18.2 Å². The molecule has 3 atom stereocenters. The summed E-state index contributed by atoms with van der Waals surface area (Å²) < 4.78 is 42.0. The summed E-state index contributed by atoms with van der Waals surface area (Å²) >= 11 is 0. The molecule has 0 bridgehead atoms. The van der Waals surface area contributed by atoms with Crippen molar-refractivity contribution in [3.8, 4) is 5.75 Å². The summed E-state index contributed by atoms with van der Waals surface area (Å²) in [6, 6.07) is 30.6. The van der Waals surface area contributed by atoms with E-state index in [1.165, 1.54) is 17.5 Å². The van der Waals surface area contributed by atoms with E-state index < -0.39 is 22.2 Å². The highest BCUT2D eigenvalue weighted by Gasteiger charge is 2.17. The lowest BCUT2D eigenvalue weighted by atomic mass is 9.87. The van der Waals surface area contributed by atoms with E-state index in [-0.39, 0.29) is 13.2 Å². The average molecular weight is 602 g/mol. The SMILES string of the molecule is C=CCOCC(COc1ccccc1)OCS(=O)(=O)ON.CC.CC.CC(CC(C)c1ccccc1)c1ccccc1. The van der Waals surface area contributed by atoms with Crippen LogP contribution >= 0.6 is 0 Å². The average Bonchev–Trinajstić information content (AvgIpc) is 3.05. The van der Waals surface area contributed by atoms with Crippen LogP contribution in [-0.2, 0) is 23.9 Å².